The lowest BCUT2D eigenvalue weighted by atomic mass is 9.79. The summed E-state index contributed by atoms with van der Waals surface area (Å²) >= 11 is 0. The Kier molecular flexibility index (Phi) is 5.45. The Balaban J connectivity index is 1.49. The maximum atomic E-state index is 4.63. The van der Waals surface area contributed by atoms with E-state index in [2.05, 4.69) is 54.8 Å². The van der Waals surface area contributed by atoms with Crippen LogP contribution in [0.1, 0.15) is 83.7 Å². The molecule has 1 aliphatic heterocycles. The molecule has 3 nitrogen and oxygen atoms in total. The van der Waals surface area contributed by atoms with Gasteiger partial charge in [-0.1, -0.05) is 27.7 Å². The molecule has 1 aromatic heterocycles. The number of hydrogen-bond donors (Lipinski definition) is 0. The van der Waals surface area contributed by atoms with Crippen molar-refractivity contribution in [1.29, 1.82) is 0 Å². The normalized spacial score (nSPS) is 27.9. The van der Waals surface area contributed by atoms with Crippen molar-refractivity contribution >= 4 is 0 Å². The van der Waals surface area contributed by atoms with Crippen molar-refractivity contribution in [3.05, 3.63) is 18.0 Å². The molecule has 0 unspecified atom stereocenters. The summed E-state index contributed by atoms with van der Waals surface area (Å²) in [6, 6.07) is 1.47. The molecular weight excluding hydrogens is 282 g/mol. The molecule has 0 radical (unpaired) electrons. The molecule has 0 N–H and O–H groups in total. The Morgan fingerprint density at radius 1 is 0.913 bits per heavy atom. The van der Waals surface area contributed by atoms with E-state index >= 15 is 0 Å². The molecule has 3 heteroatoms. The van der Waals surface area contributed by atoms with Crippen LogP contribution in [0.4, 0.5) is 0 Å². The van der Waals surface area contributed by atoms with Gasteiger partial charge in [-0.3, -0.25) is 4.68 Å². The monoisotopic (exact) mass is 317 g/mol. The van der Waals surface area contributed by atoms with Gasteiger partial charge in [0.25, 0.3) is 0 Å². The molecule has 3 rings (SSSR count). The van der Waals surface area contributed by atoms with Crippen LogP contribution in [0.2, 0.25) is 0 Å². The molecule has 130 valence electrons. The Labute approximate surface area is 142 Å². The van der Waals surface area contributed by atoms with Gasteiger partial charge in [-0.15, -0.1) is 0 Å². The number of likely N-dealkylation sites (tertiary alicyclic amines) is 1. The summed E-state index contributed by atoms with van der Waals surface area (Å²) in [6.07, 6.45) is 12.6. The minimum absolute atomic E-state index is 0.583. The first-order chi connectivity index (χ1) is 11.0. The van der Waals surface area contributed by atoms with Gasteiger partial charge in [0.2, 0.25) is 0 Å². The summed E-state index contributed by atoms with van der Waals surface area (Å²) in [4.78, 5) is 2.78. The molecule has 1 saturated heterocycles. The third-order valence-electron chi connectivity index (χ3n) is 6.36. The largest absolute Gasteiger partial charge is 0.300 e. The fourth-order valence-electron chi connectivity index (χ4n) is 4.50. The summed E-state index contributed by atoms with van der Waals surface area (Å²) in [6.45, 7) is 11.8. The fraction of sp³-hybridized carbons (Fsp3) is 0.850. The predicted octanol–water partition coefficient (Wildman–Crippen LogP) is 4.86. The second kappa shape index (κ2) is 7.38. The second-order valence-electron chi connectivity index (χ2n) is 8.49. The Hall–Kier alpha value is -0.830. The average molecular weight is 318 g/mol. The van der Waals surface area contributed by atoms with E-state index in [4.69, 9.17) is 0 Å². The molecular formula is C20H35N3. The minimum atomic E-state index is 0.583. The predicted molar refractivity (Wildman–Crippen MR) is 96.7 cm³/mol. The number of aromatic nitrogens is 2. The summed E-state index contributed by atoms with van der Waals surface area (Å²) in [5.41, 5.74) is 1.37. The lowest BCUT2D eigenvalue weighted by Crippen LogP contribution is -2.43. The van der Waals surface area contributed by atoms with E-state index in [0.29, 0.717) is 12.0 Å². The van der Waals surface area contributed by atoms with Crippen molar-refractivity contribution in [3.8, 4) is 0 Å². The van der Waals surface area contributed by atoms with Crippen LogP contribution in [0.3, 0.4) is 0 Å². The summed E-state index contributed by atoms with van der Waals surface area (Å²) < 4.78 is 2.24. The van der Waals surface area contributed by atoms with Crippen LogP contribution < -0.4 is 0 Å². The first-order valence-electron chi connectivity index (χ1n) is 9.82. The van der Waals surface area contributed by atoms with Gasteiger partial charge < -0.3 is 4.90 Å². The summed E-state index contributed by atoms with van der Waals surface area (Å²) in [5, 5.41) is 4.63. The first-order valence-corrected chi connectivity index (χ1v) is 9.82. The van der Waals surface area contributed by atoms with E-state index in [1.807, 2.05) is 0 Å². The number of piperidine rings is 1. The van der Waals surface area contributed by atoms with Crippen molar-refractivity contribution in [2.24, 2.45) is 11.8 Å². The van der Waals surface area contributed by atoms with E-state index in [1.165, 1.54) is 57.2 Å². The molecule has 0 spiro atoms. The maximum absolute atomic E-state index is 4.63. The van der Waals surface area contributed by atoms with E-state index in [-0.39, 0.29) is 0 Å². The van der Waals surface area contributed by atoms with Gasteiger partial charge in [-0.25, -0.2) is 0 Å². The molecule has 0 amide bonds. The summed E-state index contributed by atoms with van der Waals surface area (Å²) in [7, 11) is 0. The van der Waals surface area contributed by atoms with Crippen molar-refractivity contribution in [3.63, 3.8) is 0 Å². The van der Waals surface area contributed by atoms with E-state index < -0.39 is 0 Å². The number of rotatable bonds is 4. The lowest BCUT2D eigenvalue weighted by Gasteiger charge is -2.41. The van der Waals surface area contributed by atoms with Crippen LogP contribution >= 0.6 is 0 Å². The van der Waals surface area contributed by atoms with Gasteiger partial charge in [0.05, 0.1) is 12.2 Å². The van der Waals surface area contributed by atoms with E-state index in [0.717, 1.165) is 17.9 Å². The van der Waals surface area contributed by atoms with Crippen molar-refractivity contribution in [2.75, 3.05) is 13.1 Å². The maximum Gasteiger partial charge on any atom is 0.0543 e. The molecule has 1 aromatic rings. The van der Waals surface area contributed by atoms with Gasteiger partial charge in [-0.05, 0) is 61.8 Å². The minimum Gasteiger partial charge on any atom is -0.300 e. The fourth-order valence-corrected chi connectivity index (χ4v) is 4.50. The molecule has 2 fully saturated rings. The van der Waals surface area contributed by atoms with E-state index in [1.54, 1.807) is 0 Å². The summed E-state index contributed by atoms with van der Waals surface area (Å²) in [5.74, 6) is 2.43. The Morgan fingerprint density at radius 2 is 1.57 bits per heavy atom. The average Bonchev–Trinajstić information content (AvgIpc) is 3.05. The lowest BCUT2D eigenvalue weighted by molar-refractivity contribution is 0.0864. The van der Waals surface area contributed by atoms with Crippen LogP contribution in [0.15, 0.2) is 12.4 Å². The third-order valence-corrected chi connectivity index (χ3v) is 6.36. The Bertz CT molecular complexity index is 475. The van der Waals surface area contributed by atoms with Gasteiger partial charge in [0.1, 0.15) is 0 Å². The highest BCUT2D eigenvalue weighted by molar-refractivity contribution is 5.09. The Morgan fingerprint density at radius 3 is 2.09 bits per heavy atom. The van der Waals surface area contributed by atoms with Crippen LogP contribution in [0.5, 0.6) is 0 Å². The highest BCUT2D eigenvalue weighted by atomic mass is 15.3. The SMILES string of the molecule is CC(C)c1cnn(C2CCN(C3CCC(C(C)C)CC3)CC2)c1. The van der Waals surface area contributed by atoms with Gasteiger partial charge in [-0.2, -0.15) is 5.10 Å². The zero-order valence-corrected chi connectivity index (χ0v) is 15.5. The van der Waals surface area contributed by atoms with Crippen LogP contribution in [-0.4, -0.2) is 33.8 Å². The van der Waals surface area contributed by atoms with Gasteiger partial charge in [0, 0.05) is 25.3 Å². The molecule has 1 saturated carbocycles. The van der Waals surface area contributed by atoms with Crippen LogP contribution in [-0.2, 0) is 0 Å². The van der Waals surface area contributed by atoms with Crippen molar-refractivity contribution in [2.45, 2.75) is 84.2 Å². The molecule has 23 heavy (non-hydrogen) atoms. The first kappa shape index (κ1) is 17.0. The third kappa shape index (κ3) is 3.99. The quantitative estimate of drug-likeness (QED) is 0.791. The van der Waals surface area contributed by atoms with Gasteiger partial charge >= 0.3 is 0 Å². The number of hydrogen-bond acceptors (Lipinski definition) is 2. The molecule has 0 aromatic carbocycles. The highest BCUT2D eigenvalue weighted by Crippen LogP contribution is 2.34. The smallest absolute Gasteiger partial charge is 0.0543 e. The second-order valence-corrected chi connectivity index (χ2v) is 8.49. The zero-order chi connectivity index (χ0) is 16.4. The molecule has 0 atom stereocenters. The zero-order valence-electron chi connectivity index (χ0n) is 15.5. The van der Waals surface area contributed by atoms with Crippen molar-refractivity contribution in [1.82, 2.24) is 14.7 Å². The van der Waals surface area contributed by atoms with Crippen molar-refractivity contribution < 1.29 is 0 Å². The standard InChI is InChI=1S/C20H35N3/c1-15(2)17-5-7-19(8-6-17)22-11-9-20(10-12-22)23-14-18(13-21-23)16(3)4/h13-17,19-20H,5-12H2,1-4H3. The molecule has 1 aliphatic carbocycles. The van der Waals surface area contributed by atoms with Crippen LogP contribution in [0, 0.1) is 11.8 Å². The van der Waals surface area contributed by atoms with Crippen LogP contribution in [0.25, 0.3) is 0 Å². The topological polar surface area (TPSA) is 21.1 Å². The van der Waals surface area contributed by atoms with E-state index in [9.17, 15) is 0 Å². The number of nitrogens with zero attached hydrogens (tertiary/aromatic N) is 3. The molecule has 0 bridgehead atoms. The molecule has 2 aliphatic rings. The van der Waals surface area contributed by atoms with Gasteiger partial charge in [0.15, 0.2) is 0 Å². The highest BCUT2D eigenvalue weighted by Gasteiger charge is 2.30. The molecule has 2 heterocycles.